The van der Waals surface area contributed by atoms with Crippen LogP contribution in [-0.2, 0) is 11.3 Å². The largest absolute Gasteiger partial charge is 0.444 e. The fourth-order valence-electron chi connectivity index (χ4n) is 1.87. The molecule has 0 spiro atoms. The van der Waals surface area contributed by atoms with Crippen LogP contribution in [0.3, 0.4) is 0 Å². The molecule has 1 unspecified atom stereocenters. The lowest BCUT2D eigenvalue weighted by Gasteiger charge is -2.26. The Labute approximate surface area is 133 Å². The molecule has 1 rings (SSSR count). The number of ether oxygens (including phenoxy) is 1. The molecule has 124 valence electrons. The first-order valence-corrected chi connectivity index (χ1v) is 7.79. The van der Waals surface area contributed by atoms with Gasteiger partial charge < -0.3 is 15.4 Å². The first-order chi connectivity index (χ1) is 10.2. The van der Waals surface area contributed by atoms with Crippen LogP contribution in [0, 0.1) is 12.8 Å². The van der Waals surface area contributed by atoms with Crippen molar-refractivity contribution < 1.29 is 9.53 Å². The van der Waals surface area contributed by atoms with Crippen LogP contribution in [0.15, 0.2) is 18.3 Å². The van der Waals surface area contributed by atoms with Gasteiger partial charge in [-0.3, -0.25) is 4.98 Å². The minimum absolute atomic E-state index is 0.0142. The Balaban J connectivity index is 2.44. The summed E-state index contributed by atoms with van der Waals surface area (Å²) < 4.78 is 5.31. The van der Waals surface area contributed by atoms with Gasteiger partial charge in [-0.05, 0) is 45.2 Å². The number of aromatic nitrogens is 1. The molecule has 2 N–H and O–H groups in total. The third-order valence-electron chi connectivity index (χ3n) is 3.15. The molecular weight excluding hydrogens is 278 g/mol. The number of rotatable bonds is 6. The van der Waals surface area contributed by atoms with Gasteiger partial charge >= 0.3 is 6.09 Å². The van der Waals surface area contributed by atoms with E-state index in [2.05, 4.69) is 29.5 Å². The number of nitrogens with one attached hydrogen (secondary N) is 2. The predicted octanol–water partition coefficient (Wildman–Crippen LogP) is 3.03. The summed E-state index contributed by atoms with van der Waals surface area (Å²) in [7, 11) is 0. The highest BCUT2D eigenvalue weighted by Crippen LogP contribution is 2.08. The van der Waals surface area contributed by atoms with E-state index in [4.69, 9.17) is 4.74 Å². The Kier molecular flexibility index (Phi) is 6.81. The van der Waals surface area contributed by atoms with Gasteiger partial charge in [-0.15, -0.1) is 0 Å². The third kappa shape index (κ3) is 7.41. The fourth-order valence-corrected chi connectivity index (χ4v) is 1.87. The summed E-state index contributed by atoms with van der Waals surface area (Å²) in [5.41, 5.74) is 1.66. The molecule has 0 aromatic carbocycles. The van der Waals surface area contributed by atoms with Crippen LogP contribution in [0.5, 0.6) is 0 Å². The van der Waals surface area contributed by atoms with Crippen molar-refractivity contribution in [1.29, 1.82) is 0 Å². The number of carbonyl (C=O) groups is 1. The van der Waals surface area contributed by atoms with Crippen LogP contribution in [0.1, 0.15) is 45.9 Å². The van der Waals surface area contributed by atoms with Gasteiger partial charge in [-0.2, -0.15) is 0 Å². The monoisotopic (exact) mass is 307 g/mol. The van der Waals surface area contributed by atoms with Crippen LogP contribution in [0.4, 0.5) is 4.79 Å². The van der Waals surface area contributed by atoms with Crippen molar-refractivity contribution in [1.82, 2.24) is 15.6 Å². The van der Waals surface area contributed by atoms with Gasteiger partial charge in [0.15, 0.2) is 0 Å². The molecule has 0 saturated carbocycles. The van der Waals surface area contributed by atoms with Gasteiger partial charge in [-0.1, -0.05) is 19.9 Å². The maximum atomic E-state index is 11.9. The molecule has 0 aliphatic carbocycles. The molecule has 22 heavy (non-hydrogen) atoms. The van der Waals surface area contributed by atoms with Gasteiger partial charge in [0.1, 0.15) is 5.60 Å². The molecule has 0 aliphatic rings. The molecule has 0 saturated heterocycles. The smallest absolute Gasteiger partial charge is 0.407 e. The number of amides is 1. The summed E-state index contributed by atoms with van der Waals surface area (Å²) in [5.74, 6) is 0.311. The second-order valence-corrected chi connectivity index (χ2v) is 6.95. The van der Waals surface area contributed by atoms with Gasteiger partial charge in [0.05, 0.1) is 5.69 Å². The number of alkyl carbamates (subject to hydrolysis) is 1. The van der Waals surface area contributed by atoms with Gasteiger partial charge in [0.2, 0.25) is 0 Å². The summed E-state index contributed by atoms with van der Waals surface area (Å²) >= 11 is 0. The van der Waals surface area contributed by atoms with Crippen molar-refractivity contribution in [3.8, 4) is 0 Å². The third-order valence-corrected chi connectivity index (χ3v) is 3.15. The molecule has 0 fully saturated rings. The lowest BCUT2D eigenvalue weighted by Crippen LogP contribution is -2.47. The molecule has 0 bridgehead atoms. The molecule has 1 heterocycles. The molecule has 0 radical (unpaired) electrons. The number of nitrogens with zero attached hydrogens (tertiary/aromatic N) is 1. The van der Waals surface area contributed by atoms with Crippen molar-refractivity contribution in [3.63, 3.8) is 0 Å². The normalized spacial score (nSPS) is 13.0. The van der Waals surface area contributed by atoms with Crippen molar-refractivity contribution in [2.24, 2.45) is 5.92 Å². The summed E-state index contributed by atoms with van der Waals surface area (Å²) in [4.78, 5) is 16.2. The highest BCUT2D eigenvalue weighted by Gasteiger charge is 2.21. The van der Waals surface area contributed by atoms with E-state index in [1.54, 1.807) is 0 Å². The molecule has 1 aromatic heterocycles. The minimum Gasteiger partial charge on any atom is -0.444 e. The molecule has 5 nitrogen and oxygen atoms in total. The number of hydrogen-bond acceptors (Lipinski definition) is 4. The van der Waals surface area contributed by atoms with Crippen LogP contribution in [0.2, 0.25) is 0 Å². The number of pyridine rings is 1. The lowest BCUT2D eigenvalue weighted by atomic mass is 10.0. The average Bonchev–Trinajstić information content (AvgIpc) is 2.37. The number of carbonyl (C=O) groups excluding carboxylic acids is 1. The Morgan fingerprint density at radius 1 is 1.32 bits per heavy atom. The highest BCUT2D eigenvalue weighted by atomic mass is 16.6. The zero-order valence-corrected chi connectivity index (χ0v) is 14.6. The van der Waals surface area contributed by atoms with E-state index in [-0.39, 0.29) is 12.1 Å². The van der Waals surface area contributed by atoms with E-state index in [1.165, 1.54) is 0 Å². The fraction of sp³-hybridized carbons (Fsp3) is 0.647. The molecule has 1 aromatic rings. The molecule has 5 heteroatoms. The highest BCUT2D eigenvalue weighted by molar-refractivity contribution is 5.68. The SMILES string of the molecule is Cc1ccc(CNCC(NC(=O)OC(C)(C)C)C(C)C)nc1. The standard InChI is InChI=1S/C17H29N3O2/c1-12(2)15(20-16(21)22-17(4,5)6)11-18-10-14-8-7-13(3)9-19-14/h7-9,12,15,18H,10-11H2,1-6H3,(H,20,21). The first kappa shape index (κ1) is 18.4. The zero-order chi connectivity index (χ0) is 16.8. The Morgan fingerprint density at radius 2 is 2.00 bits per heavy atom. The van der Waals surface area contributed by atoms with Crippen LogP contribution < -0.4 is 10.6 Å². The first-order valence-electron chi connectivity index (χ1n) is 7.79. The Hall–Kier alpha value is -1.62. The molecule has 0 aliphatic heterocycles. The minimum atomic E-state index is -0.481. The molecule has 1 atom stereocenters. The van der Waals surface area contributed by atoms with Crippen LogP contribution >= 0.6 is 0 Å². The topological polar surface area (TPSA) is 63.2 Å². The van der Waals surface area contributed by atoms with E-state index in [9.17, 15) is 4.79 Å². The van der Waals surface area contributed by atoms with E-state index in [1.807, 2.05) is 46.0 Å². The summed E-state index contributed by atoms with van der Waals surface area (Å²) in [5, 5.41) is 6.26. The summed E-state index contributed by atoms with van der Waals surface area (Å²) in [6.45, 7) is 13.1. The van der Waals surface area contributed by atoms with Crippen molar-refractivity contribution in [2.75, 3.05) is 6.54 Å². The van der Waals surface area contributed by atoms with Gasteiger partial charge in [0.25, 0.3) is 0 Å². The maximum Gasteiger partial charge on any atom is 0.407 e. The second kappa shape index (κ2) is 8.13. The average molecular weight is 307 g/mol. The number of hydrogen-bond donors (Lipinski definition) is 2. The molecule has 1 amide bonds. The van der Waals surface area contributed by atoms with Crippen LogP contribution in [-0.4, -0.2) is 29.3 Å². The number of aryl methyl sites for hydroxylation is 1. The van der Waals surface area contributed by atoms with Crippen molar-refractivity contribution in [3.05, 3.63) is 29.6 Å². The predicted molar refractivity (Wildman–Crippen MR) is 88.7 cm³/mol. The molecular formula is C17H29N3O2. The van der Waals surface area contributed by atoms with Gasteiger partial charge in [-0.25, -0.2) is 4.79 Å². The Morgan fingerprint density at radius 3 is 2.50 bits per heavy atom. The van der Waals surface area contributed by atoms with Gasteiger partial charge in [0, 0.05) is 25.3 Å². The van der Waals surface area contributed by atoms with E-state index in [0.717, 1.165) is 11.3 Å². The quantitative estimate of drug-likeness (QED) is 0.848. The Bertz CT molecular complexity index is 464. The second-order valence-electron chi connectivity index (χ2n) is 6.95. The van der Waals surface area contributed by atoms with E-state index in [0.29, 0.717) is 19.0 Å². The van der Waals surface area contributed by atoms with Crippen molar-refractivity contribution in [2.45, 2.75) is 59.7 Å². The van der Waals surface area contributed by atoms with Crippen molar-refractivity contribution >= 4 is 6.09 Å². The lowest BCUT2D eigenvalue weighted by molar-refractivity contribution is 0.0490. The summed E-state index contributed by atoms with van der Waals surface area (Å²) in [6, 6.07) is 4.07. The van der Waals surface area contributed by atoms with E-state index >= 15 is 0 Å². The zero-order valence-electron chi connectivity index (χ0n) is 14.6. The van der Waals surface area contributed by atoms with Crippen LogP contribution in [0.25, 0.3) is 0 Å². The summed E-state index contributed by atoms with van der Waals surface area (Å²) in [6.07, 6.45) is 1.48. The van der Waals surface area contributed by atoms with E-state index < -0.39 is 5.60 Å². The maximum absolute atomic E-state index is 11.9.